The average molecular weight is 302 g/mol. The van der Waals surface area contributed by atoms with Gasteiger partial charge in [0.25, 0.3) is 0 Å². The van der Waals surface area contributed by atoms with E-state index in [0.717, 1.165) is 0 Å². The molecule has 0 unspecified atom stereocenters. The van der Waals surface area contributed by atoms with Crippen molar-refractivity contribution in [3.05, 3.63) is 0 Å². The van der Waals surface area contributed by atoms with Gasteiger partial charge in [-0.05, 0) is 5.92 Å². The summed E-state index contributed by atoms with van der Waals surface area (Å²) < 4.78 is 24.5. The number of carbonyl (C=O) groups is 2. The first-order valence-corrected chi connectivity index (χ1v) is 8.61. The maximum atomic E-state index is 12.2. The molecule has 0 bridgehead atoms. The molecule has 2 amide bonds. The van der Waals surface area contributed by atoms with Gasteiger partial charge < -0.3 is 9.80 Å². The number of piperidine rings is 1. The summed E-state index contributed by atoms with van der Waals surface area (Å²) in [5, 5.41) is 0. The van der Waals surface area contributed by atoms with Crippen LogP contribution in [0.2, 0.25) is 0 Å². The van der Waals surface area contributed by atoms with Crippen LogP contribution >= 0.6 is 0 Å². The Bertz CT molecular complexity index is 518. The Morgan fingerprint density at radius 1 is 1.30 bits per heavy atom. The number of nitrogens with zero attached hydrogens (tertiary/aromatic N) is 2. The molecule has 0 N–H and O–H groups in total. The average Bonchev–Trinajstić information content (AvgIpc) is 2.50. The highest BCUT2D eigenvalue weighted by Crippen LogP contribution is 2.38. The fraction of sp³-hybridized carbons (Fsp3) is 0.846. The van der Waals surface area contributed by atoms with Crippen molar-refractivity contribution < 1.29 is 18.0 Å². The smallest absolute Gasteiger partial charge is 0.238 e. The van der Waals surface area contributed by atoms with Crippen LogP contribution in [0.1, 0.15) is 33.1 Å². The lowest BCUT2D eigenvalue weighted by atomic mass is 10.0. The van der Waals surface area contributed by atoms with Crippen molar-refractivity contribution in [1.82, 2.24) is 9.80 Å². The largest absolute Gasteiger partial charge is 0.342 e. The van der Waals surface area contributed by atoms with E-state index in [1.807, 2.05) is 13.8 Å². The minimum absolute atomic E-state index is 0.0687. The molecule has 0 saturated carbocycles. The highest BCUT2D eigenvalue weighted by molar-refractivity contribution is 7.93. The van der Waals surface area contributed by atoms with Gasteiger partial charge in [-0.25, -0.2) is 8.42 Å². The molecule has 6 nitrogen and oxygen atoms in total. The van der Waals surface area contributed by atoms with Crippen LogP contribution in [-0.4, -0.2) is 60.8 Å². The number of carbonyl (C=O) groups excluding carboxylic acids is 2. The molecule has 0 aliphatic carbocycles. The van der Waals surface area contributed by atoms with E-state index in [1.54, 1.807) is 11.9 Å². The van der Waals surface area contributed by atoms with Crippen molar-refractivity contribution in [1.29, 1.82) is 0 Å². The number of amides is 2. The standard InChI is InChI=1S/C13H22N2O4S/c1-10(2)8-11(16)15-6-4-13(5-7-15)14(3)12(17)9-20(13,18)19/h10H,4-9H2,1-3H3. The van der Waals surface area contributed by atoms with E-state index in [9.17, 15) is 18.0 Å². The van der Waals surface area contributed by atoms with Crippen molar-refractivity contribution in [2.24, 2.45) is 5.92 Å². The van der Waals surface area contributed by atoms with Crippen LogP contribution in [0.5, 0.6) is 0 Å². The number of hydrogen-bond donors (Lipinski definition) is 0. The van der Waals surface area contributed by atoms with Gasteiger partial charge in [0, 0.05) is 39.4 Å². The fourth-order valence-corrected chi connectivity index (χ4v) is 5.17. The number of hydrogen-bond acceptors (Lipinski definition) is 4. The van der Waals surface area contributed by atoms with Crippen molar-refractivity contribution >= 4 is 21.7 Å². The van der Waals surface area contributed by atoms with Gasteiger partial charge >= 0.3 is 0 Å². The zero-order valence-electron chi connectivity index (χ0n) is 12.3. The van der Waals surface area contributed by atoms with Crippen LogP contribution in [0.3, 0.4) is 0 Å². The fourth-order valence-electron chi connectivity index (χ4n) is 3.06. The zero-order chi connectivity index (χ0) is 15.1. The van der Waals surface area contributed by atoms with Crippen molar-refractivity contribution in [3.63, 3.8) is 0 Å². The molecule has 2 fully saturated rings. The predicted octanol–water partition coefficient (Wildman–Crippen LogP) is 0.238. The Labute approximate surface area is 120 Å². The van der Waals surface area contributed by atoms with Crippen molar-refractivity contribution in [2.75, 3.05) is 25.9 Å². The van der Waals surface area contributed by atoms with E-state index in [2.05, 4.69) is 0 Å². The molecule has 7 heteroatoms. The molecule has 0 aromatic heterocycles. The van der Waals surface area contributed by atoms with Crippen LogP contribution in [0.4, 0.5) is 0 Å². The normalized spacial score (nSPS) is 24.7. The Balaban J connectivity index is 2.11. The monoisotopic (exact) mass is 302 g/mol. The van der Waals surface area contributed by atoms with Crippen molar-refractivity contribution in [3.8, 4) is 0 Å². The van der Waals surface area contributed by atoms with Crippen LogP contribution in [-0.2, 0) is 19.4 Å². The zero-order valence-corrected chi connectivity index (χ0v) is 13.1. The SMILES string of the molecule is CC(C)CC(=O)N1CCC2(CC1)N(C)C(=O)CS2(=O)=O. The van der Waals surface area contributed by atoms with Crippen molar-refractivity contribution in [2.45, 2.75) is 38.0 Å². The van der Waals surface area contributed by atoms with E-state index in [-0.39, 0.29) is 17.7 Å². The molecule has 0 aromatic carbocycles. The number of rotatable bonds is 2. The van der Waals surface area contributed by atoms with Gasteiger partial charge in [-0.15, -0.1) is 0 Å². The number of likely N-dealkylation sites (tertiary alicyclic amines) is 1. The van der Waals surface area contributed by atoms with E-state index < -0.39 is 20.5 Å². The van der Waals surface area contributed by atoms with Gasteiger partial charge in [-0.1, -0.05) is 13.8 Å². The molecule has 2 rings (SSSR count). The van der Waals surface area contributed by atoms with Gasteiger partial charge in [0.2, 0.25) is 11.8 Å². The van der Waals surface area contributed by atoms with Crippen LogP contribution in [0.15, 0.2) is 0 Å². The first-order valence-electron chi connectivity index (χ1n) is 6.96. The van der Waals surface area contributed by atoms with Crippen LogP contribution < -0.4 is 0 Å². The van der Waals surface area contributed by atoms with E-state index in [0.29, 0.717) is 32.4 Å². The van der Waals surface area contributed by atoms with Gasteiger partial charge in [-0.2, -0.15) is 0 Å². The lowest BCUT2D eigenvalue weighted by Gasteiger charge is -2.42. The third-order valence-corrected chi connectivity index (χ3v) is 6.83. The topological polar surface area (TPSA) is 74.8 Å². The molecule has 0 atom stereocenters. The second kappa shape index (κ2) is 5.02. The molecule has 2 aliphatic rings. The lowest BCUT2D eigenvalue weighted by molar-refractivity contribution is -0.135. The summed E-state index contributed by atoms with van der Waals surface area (Å²) in [6.07, 6.45) is 1.12. The maximum Gasteiger partial charge on any atom is 0.238 e. The maximum absolute atomic E-state index is 12.2. The van der Waals surface area contributed by atoms with E-state index in [4.69, 9.17) is 0 Å². The highest BCUT2D eigenvalue weighted by atomic mass is 32.2. The molecule has 0 aromatic rings. The molecular weight excluding hydrogens is 280 g/mol. The first kappa shape index (κ1) is 15.3. The van der Waals surface area contributed by atoms with Crippen LogP contribution in [0, 0.1) is 5.92 Å². The Morgan fingerprint density at radius 2 is 1.85 bits per heavy atom. The first-order chi connectivity index (χ1) is 9.19. The third kappa shape index (κ3) is 2.32. The Morgan fingerprint density at radius 3 is 2.25 bits per heavy atom. The lowest BCUT2D eigenvalue weighted by Crippen LogP contribution is -2.55. The van der Waals surface area contributed by atoms with Gasteiger partial charge in [0.05, 0.1) is 0 Å². The molecule has 2 saturated heterocycles. The van der Waals surface area contributed by atoms with E-state index >= 15 is 0 Å². The third-order valence-electron chi connectivity index (χ3n) is 4.36. The predicted molar refractivity (Wildman–Crippen MR) is 74.6 cm³/mol. The summed E-state index contributed by atoms with van der Waals surface area (Å²) in [6, 6.07) is 0. The van der Waals surface area contributed by atoms with Gasteiger partial charge in [-0.3, -0.25) is 9.59 Å². The van der Waals surface area contributed by atoms with Gasteiger partial charge in [0.1, 0.15) is 10.6 Å². The molecular formula is C13H22N2O4S. The summed E-state index contributed by atoms with van der Waals surface area (Å²) in [4.78, 5) is 25.7. The molecule has 0 radical (unpaired) electrons. The Hall–Kier alpha value is -1.11. The number of sulfone groups is 1. The van der Waals surface area contributed by atoms with E-state index in [1.165, 1.54) is 4.90 Å². The van der Waals surface area contributed by atoms with Crippen LogP contribution in [0.25, 0.3) is 0 Å². The quantitative estimate of drug-likeness (QED) is 0.732. The minimum Gasteiger partial charge on any atom is -0.342 e. The molecule has 114 valence electrons. The van der Waals surface area contributed by atoms with Gasteiger partial charge in [0.15, 0.2) is 9.84 Å². The summed E-state index contributed by atoms with van der Waals surface area (Å²) in [5.74, 6) is -0.382. The summed E-state index contributed by atoms with van der Waals surface area (Å²) in [5.41, 5.74) is 0. The second-order valence-electron chi connectivity index (χ2n) is 6.14. The molecule has 1 spiro atoms. The minimum atomic E-state index is -3.44. The summed E-state index contributed by atoms with van der Waals surface area (Å²) in [7, 11) is -1.89. The second-order valence-corrected chi connectivity index (χ2v) is 8.41. The molecule has 20 heavy (non-hydrogen) atoms. The summed E-state index contributed by atoms with van der Waals surface area (Å²) in [6.45, 7) is 4.78. The molecule has 2 heterocycles. The Kier molecular flexibility index (Phi) is 3.83. The highest BCUT2D eigenvalue weighted by Gasteiger charge is 2.56. The summed E-state index contributed by atoms with van der Waals surface area (Å²) >= 11 is 0. The molecule has 2 aliphatic heterocycles.